The van der Waals surface area contributed by atoms with Gasteiger partial charge in [-0.2, -0.15) is 0 Å². The molecular formula is C10H18N4O. The molecule has 84 valence electrons. The lowest BCUT2D eigenvalue weighted by molar-refractivity contribution is 0.500. The van der Waals surface area contributed by atoms with E-state index >= 15 is 0 Å². The predicted molar refractivity (Wildman–Crippen MR) is 57.4 cm³/mol. The molecule has 5 heteroatoms. The molecule has 1 heterocycles. The quantitative estimate of drug-likeness (QED) is 0.759. The van der Waals surface area contributed by atoms with Crippen LogP contribution in [0.5, 0.6) is 0 Å². The third-order valence-corrected chi connectivity index (χ3v) is 3.04. The van der Waals surface area contributed by atoms with E-state index in [0.29, 0.717) is 30.3 Å². The van der Waals surface area contributed by atoms with Gasteiger partial charge in [0.15, 0.2) is 0 Å². The summed E-state index contributed by atoms with van der Waals surface area (Å²) < 4.78 is 5.36. The summed E-state index contributed by atoms with van der Waals surface area (Å²) in [5, 5.41) is 10.9. The van der Waals surface area contributed by atoms with E-state index < -0.39 is 0 Å². The third kappa shape index (κ3) is 2.47. The number of nitrogens with one attached hydrogen (secondary N) is 1. The average Bonchev–Trinajstić information content (AvgIpc) is 2.62. The molecule has 1 atom stereocenters. The van der Waals surface area contributed by atoms with Crippen LogP contribution in [0.15, 0.2) is 4.42 Å². The molecular weight excluding hydrogens is 192 g/mol. The van der Waals surface area contributed by atoms with Gasteiger partial charge in [0.2, 0.25) is 5.89 Å². The molecule has 1 aliphatic rings. The second-order valence-corrected chi connectivity index (χ2v) is 4.81. The van der Waals surface area contributed by atoms with E-state index in [4.69, 9.17) is 10.2 Å². The number of hydrogen-bond donors (Lipinski definition) is 2. The van der Waals surface area contributed by atoms with E-state index in [1.54, 1.807) is 0 Å². The van der Waals surface area contributed by atoms with Crippen LogP contribution in [-0.4, -0.2) is 23.3 Å². The van der Waals surface area contributed by atoms with Gasteiger partial charge < -0.3 is 15.5 Å². The van der Waals surface area contributed by atoms with Gasteiger partial charge in [-0.25, -0.2) is 0 Å². The summed E-state index contributed by atoms with van der Waals surface area (Å²) in [6, 6.07) is 0.515. The van der Waals surface area contributed by atoms with Crippen LogP contribution < -0.4 is 11.1 Å². The molecule has 1 aromatic heterocycles. The molecule has 0 spiro atoms. The Balaban J connectivity index is 1.79. The number of nitrogens with two attached hydrogens (primary N) is 1. The van der Waals surface area contributed by atoms with Crippen LogP contribution in [-0.2, 0) is 6.42 Å². The third-order valence-electron chi connectivity index (χ3n) is 3.04. The molecule has 0 aliphatic heterocycles. The predicted octanol–water partition coefficient (Wildman–Crippen LogP) is 1.03. The molecule has 1 saturated carbocycles. The number of aromatic nitrogens is 2. The Labute approximate surface area is 89.4 Å². The van der Waals surface area contributed by atoms with Crippen molar-refractivity contribution in [2.45, 2.75) is 26.7 Å². The smallest absolute Gasteiger partial charge is 0.315 e. The minimum absolute atomic E-state index is 0.479. The first-order chi connectivity index (χ1) is 7.12. The van der Waals surface area contributed by atoms with E-state index in [1.807, 2.05) is 0 Å². The van der Waals surface area contributed by atoms with E-state index in [0.717, 1.165) is 12.5 Å². The first-order valence-electron chi connectivity index (χ1n) is 5.38. The minimum atomic E-state index is 0.479. The van der Waals surface area contributed by atoms with E-state index in [2.05, 4.69) is 29.4 Å². The van der Waals surface area contributed by atoms with Crippen molar-refractivity contribution in [1.29, 1.82) is 0 Å². The lowest BCUT2D eigenvalue weighted by Crippen LogP contribution is -2.07. The van der Waals surface area contributed by atoms with Crippen molar-refractivity contribution in [2.75, 3.05) is 18.4 Å². The van der Waals surface area contributed by atoms with Gasteiger partial charge in [0.25, 0.3) is 0 Å². The summed E-state index contributed by atoms with van der Waals surface area (Å²) in [4.78, 5) is 0. The molecule has 0 amide bonds. The van der Waals surface area contributed by atoms with Crippen molar-refractivity contribution in [3.8, 4) is 0 Å². The zero-order valence-corrected chi connectivity index (χ0v) is 9.29. The molecule has 1 aliphatic carbocycles. The van der Waals surface area contributed by atoms with Crippen molar-refractivity contribution in [3.63, 3.8) is 0 Å². The topological polar surface area (TPSA) is 77.0 Å². The maximum Gasteiger partial charge on any atom is 0.315 e. The van der Waals surface area contributed by atoms with Crippen molar-refractivity contribution in [3.05, 3.63) is 5.89 Å². The minimum Gasteiger partial charge on any atom is -0.408 e. The van der Waals surface area contributed by atoms with Crippen LogP contribution in [0.3, 0.4) is 0 Å². The normalized spacial score (nSPS) is 22.7. The van der Waals surface area contributed by atoms with E-state index in [9.17, 15) is 0 Å². The molecule has 5 nitrogen and oxygen atoms in total. The second-order valence-electron chi connectivity index (χ2n) is 4.81. The van der Waals surface area contributed by atoms with Gasteiger partial charge in [0.05, 0.1) is 0 Å². The van der Waals surface area contributed by atoms with Crippen LogP contribution >= 0.6 is 0 Å². The van der Waals surface area contributed by atoms with Gasteiger partial charge in [-0.1, -0.05) is 18.9 Å². The van der Waals surface area contributed by atoms with Crippen LogP contribution in [0, 0.1) is 11.3 Å². The molecule has 1 aromatic rings. The molecule has 1 fully saturated rings. The lowest BCUT2D eigenvalue weighted by atomic mass is 10.1. The van der Waals surface area contributed by atoms with Crippen LogP contribution in [0.2, 0.25) is 0 Å². The van der Waals surface area contributed by atoms with Gasteiger partial charge in [-0.05, 0) is 17.8 Å². The summed E-state index contributed by atoms with van der Waals surface area (Å²) in [6.07, 6.45) is 1.91. The number of nitrogens with zero attached hydrogens (tertiary/aromatic N) is 2. The standard InChI is InChI=1S/C10H18N4O/c1-10(2)5-7(10)6-12-9-14-13-8(15-9)3-4-11/h7H,3-6,11H2,1-2H3,(H,12,14). The zero-order chi connectivity index (χ0) is 10.9. The Hall–Kier alpha value is -1.10. The van der Waals surface area contributed by atoms with E-state index in [-0.39, 0.29) is 0 Å². The van der Waals surface area contributed by atoms with E-state index in [1.165, 1.54) is 6.42 Å². The fraction of sp³-hybridized carbons (Fsp3) is 0.800. The van der Waals surface area contributed by atoms with Crippen molar-refractivity contribution in [2.24, 2.45) is 17.1 Å². The maximum absolute atomic E-state index is 5.39. The average molecular weight is 210 g/mol. The second kappa shape index (κ2) is 3.81. The Morgan fingerprint density at radius 1 is 1.53 bits per heavy atom. The highest BCUT2D eigenvalue weighted by molar-refractivity contribution is 5.19. The number of hydrogen-bond acceptors (Lipinski definition) is 5. The highest BCUT2D eigenvalue weighted by atomic mass is 16.4. The van der Waals surface area contributed by atoms with Gasteiger partial charge in [0, 0.05) is 19.5 Å². The number of rotatable bonds is 5. The van der Waals surface area contributed by atoms with Crippen molar-refractivity contribution < 1.29 is 4.42 Å². The van der Waals surface area contributed by atoms with Crippen molar-refractivity contribution >= 4 is 6.01 Å². The first kappa shape index (κ1) is 10.4. The molecule has 0 aromatic carbocycles. The van der Waals surface area contributed by atoms with Crippen LogP contribution in [0.25, 0.3) is 0 Å². The molecule has 3 N–H and O–H groups in total. The Morgan fingerprint density at radius 3 is 2.87 bits per heavy atom. The first-order valence-corrected chi connectivity index (χ1v) is 5.38. The summed E-state index contributed by atoms with van der Waals surface area (Å²) >= 11 is 0. The van der Waals surface area contributed by atoms with Crippen molar-refractivity contribution in [1.82, 2.24) is 10.2 Å². The molecule has 15 heavy (non-hydrogen) atoms. The molecule has 2 rings (SSSR count). The molecule has 0 saturated heterocycles. The largest absolute Gasteiger partial charge is 0.408 e. The lowest BCUT2D eigenvalue weighted by Gasteiger charge is -2.02. The summed E-state index contributed by atoms with van der Waals surface area (Å²) in [5.74, 6) is 1.33. The summed E-state index contributed by atoms with van der Waals surface area (Å²) in [7, 11) is 0. The summed E-state index contributed by atoms with van der Waals surface area (Å²) in [6.45, 7) is 5.99. The Bertz CT molecular complexity index is 334. The number of anilines is 1. The fourth-order valence-corrected chi connectivity index (χ4v) is 1.68. The highest BCUT2D eigenvalue weighted by Gasteiger charge is 2.45. The van der Waals surface area contributed by atoms with Crippen LogP contribution in [0.4, 0.5) is 6.01 Å². The monoisotopic (exact) mass is 210 g/mol. The molecule has 1 unspecified atom stereocenters. The zero-order valence-electron chi connectivity index (χ0n) is 9.29. The van der Waals surface area contributed by atoms with Gasteiger partial charge in [0.1, 0.15) is 0 Å². The fourth-order valence-electron chi connectivity index (χ4n) is 1.68. The highest BCUT2D eigenvalue weighted by Crippen LogP contribution is 2.51. The van der Waals surface area contributed by atoms with Gasteiger partial charge in [-0.15, -0.1) is 5.10 Å². The summed E-state index contributed by atoms with van der Waals surface area (Å²) in [5.41, 5.74) is 5.87. The van der Waals surface area contributed by atoms with Gasteiger partial charge >= 0.3 is 6.01 Å². The Morgan fingerprint density at radius 2 is 2.27 bits per heavy atom. The molecule has 0 radical (unpaired) electrons. The Kier molecular flexibility index (Phi) is 2.65. The SMILES string of the molecule is CC1(C)CC1CNc1nnc(CCN)o1. The maximum atomic E-state index is 5.39. The van der Waals surface area contributed by atoms with Gasteiger partial charge in [-0.3, -0.25) is 0 Å². The van der Waals surface area contributed by atoms with Crippen LogP contribution in [0.1, 0.15) is 26.2 Å². The molecule has 0 bridgehead atoms.